The van der Waals surface area contributed by atoms with Gasteiger partial charge in [0.1, 0.15) is 6.04 Å². The van der Waals surface area contributed by atoms with E-state index in [2.05, 4.69) is 29.3 Å². The number of allylic oxidation sites excluding steroid dienone is 1. The lowest BCUT2D eigenvalue weighted by molar-refractivity contribution is -0.126. The summed E-state index contributed by atoms with van der Waals surface area (Å²) < 4.78 is 5.59. The number of nitrogens with one attached hydrogen (secondary N) is 2. The van der Waals surface area contributed by atoms with Crippen molar-refractivity contribution in [1.29, 1.82) is 0 Å². The molecule has 4 fully saturated rings. The summed E-state index contributed by atoms with van der Waals surface area (Å²) in [4.78, 5) is 27.3. The van der Waals surface area contributed by atoms with Crippen LogP contribution in [0.1, 0.15) is 85.7 Å². The van der Waals surface area contributed by atoms with Crippen LogP contribution in [0.25, 0.3) is 0 Å². The molecule has 6 rings (SSSR count). The first-order valence-corrected chi connectivity index (χ1v) is 13.7. The average molecular weight is 478 g/mol. The Morgan fingerprint density at radius 1 is 1.11 bits per heavy atom. The van der Waals surface area contributed by atoms with E-state index in [9.17, 15) is 9.59 Å². The van der Waals surface area contributed by atoms with Crippen LogP contribution in [-0.2, 0) is 22.5 Å². The van der Waals surface area contributed by atoms with Crippen LogP contribution in [0.4, 0.5) is 0 Å². The highest BCUT2D eigenvalue weighted by Crippen LogP contribution is 2.49. The van der Waals surface area contributed by atoms with Gasteiger partial charge in [-0.25, -0.2) is 0 Å². The predicted molar refractivity (Wildman–Crippen MR) is 135 cm³/mol. The highest BCUT2D eigenvalue weighted by atomic mass is 16.5. The Balaban J connectivity index is 1.09. The van der Waals surface area contributed by atoms with Gasteiger partial charge in [-0.2, -0.15) is 0 Å². The van der Waals surface area contributed by atoms with Gasteiger partial charge in [0, 0.05) is 43.1 Å². The average Bonchev–Trinajstić information content (AvgIpc) is 3.15. The Morgan fingerprint density at radius 2 is 1.91 bits per heavy atom. The molecule has 5 aliphatic rings. The Labute approximate surface area is 208 Å². The van der Waals surface area contributed by atoms with Crippen molar-refractivity contribution in [3.05, 3.63) is 47.2 Å². The van der Waals surface area contributed by atoms with Crippen molar-refractivity contribution in [3.63, 3.8) is 0 Å². The summed E-state index contributed by atoms with van der Waals surface area (Å²) in [5.74, 6) is 0.539. The number of carbonyl (C=O) groups excluding carboxylic acids is 2. The fraction of sp³-hybridized carbons (Fsp3) is 0.655. The van der Waals surface area contributed by atoms with E-state index in [1.54, 1.807) is 4.90 Å². The van der Waals surface area contributed by atoms with Gasteiger partial charge in [0.25, 0.3) is 5.91 Å². The molecule has 3 aliphatic heterocycles. The third-order valence-corrected chi connectivity index (χ3v) is 9.47. The largest absolute Gasteiger partial charge is 0.381 e. The number of carbonyl (C=O) groups is 2. The molecule has 2 saturated carbocycles. The molecule has 2 saturated heterocycles. The van der Waals surface area contributed by atoms with Crippen molar-refractivity contribution in [2.75, 3.05) is 13.2 Å². The summed E-state index contributed by atoms with van der Waals surface area (Å²) >= 11 is 0. The number of hydrogen-bond acceptors (Lipinski definition) is 4. The zero-order valence-electron chi connectivity index (χ0n) is 20.8. The van der Waals surface area contributed by atoms with Crippen LogP contribution in [0, 0.1) is 11.3 Å². The summed E-state index contributed by atoms with van der Waals surface area (Å²) in [6, 6.07) is 7.25. The summed E-state index contributed by atoms with van der Waals surface area (Å²) in [5, 5.41) is 6.89. The number of amides is 2. The molecule has 0 bridgehead atoms. The molecule has 6 nitrogen and oxygen atoms in total. The molecule has 1 spiro atoms. The van der Waals surface area contributed by atoms with Gasteiger partial charge in [0.15, 0.2) is 0 Å². The molecule has 1 aromatic carbocycles. The topological polar surface area (TPSA) is 70.7 Å². The van der Waals surface area contributed by atoms with Crippen molar-refractivity contribution in [2.24, 2.45) is 11.3 Å². The Morgan fingerprint density at radius 3 is 2.71 bits per heavy atom. The number of nitrogens with zero attached hydrogens (tertiary/aromatic N) is 1. The minimum atomic E-state index is -0.391. The van der Waals surface area contributed by atoms with Crippen LogP contribution in [0.15, 0.2) is 30.5 Å². The number of piperidine rings is 1. The van der Waals surface area contributed by atoms with Crippen molar-refractivity contribution >= 4 is 11.8 Å². The van der Waals surface area contributed by atoms with Crippen LogP contribution in [0.3, 0.4) is 0 Å². The molecular weight excluding hydrogens is 438 g/mol. The molecule has 6 heteroatoms. The first-order valence-electron chi connectivity index (χ1n) is 13.7. The molecule has 3 heterocycles. The Kier molecular flexibility index (Phi) is 6.21. The lowest BCUT2D eigenvalue weighted by Gasteiger charge is -2.52. The van der Waals surface area contributed by atoms with E-state index < -0.39 is 6.04 Å². The molecule has 1 unspecified atom stereocenters. The maximum absolute atomic E-state index is 13.1. The van der Waals surface area contributed by atoms with E-state index in [-0.39, 0.29) is 11.8 Å². The lowest BCUT2D eigenvalue weighted by Crippen LogP contribution is -2.55. The molecule has 0 radical (unpaired) electrons. The van der Waals surface area contributed by atoms with Gasteiger partial charge in [0.2, 0.25) is 5.91 Å². The van der Waals surface area contributed by atoms with E-state index >= 15 is 0 Å². The lowest BCUT2D eigenvalue weighted by atomic mass is 9.61. The van der Waals surface area contributed by atoms with Gasteiger partial charge in [-0.05, 0) is 86.3 Å². The molecule has 35 heavy (non-hydrogen) atoms. The maximum atomic E-state index is 13.1. The molecule has 2 aliphatic carbocycles. The second-order valence-electron chi connectivity index (χ2n) is 11.8. The monoisotopic (exact) mass is 477 g/mol. The zero-order valence-corrected chi connectivity index (χ0v) is 20.8. The summed E-state index contributed by atoms with van der Waals surface area (Å²) in [5.41, 5.74) is 4.47. The molecule has 3 atom stereocenters. The molecular formula is C29H39N3O3. The second kappa shape index (κ2) is 9.36. The second-order valence-corrected chi connectivity index (χ2v) is 11.8. The van der Waals surface area contributed by atoms with Gasteiger partial charge >= 0.3 is 0 Å². The molecule has 2 amide bonds. The maximum Gasteiger partial charge on any atom is 0.255 e. The Hall–Kier alpha value is -2.18. The smallest absolute Gasteiger partial charge is 0.255 e. The summed E-state index contributed by atoms with van der Waals surface area (Å²) in [6.45, 7) is 6.28. The molecule has 0 aromatic heterocycles. The number of benzene rings is 1. The molecule has 188 valence electrons. The fourth-order valence-corrected chi connectivity index (χ4v) is 7.43. The number of fused-ring (bicyclic) bond motifs is 1. The minimum Gasteiger partial charge on any atom is -0.381 e. The van der Waals surface area contributed by atoms with E-state index in [1.807, 2.05) is 6.07 Å². The van der Waals surface area contributed by atoms with Crippen LogP contribution >= 0.6 is 0 Å². The number of ether oxygens (including phenoxy) is 1. The van der Waals surface area contributed by atoms with Crippen molar-refractivity contribution < 1.29 is 14.3 Å². The summed E-state index contributed by atoms with van der Waals surface area (Å²) in [7, 11) is 0. The first-order chi connectivity index (χ1) is 17.0. The minimum absolute atomic E-state index is 0.0107. The number of rotatable bonds is 5. The van der Waals surface area contributed by atoms with Crippen molar-refractivity contribution in [3.8, 4) is 0 Å². The van der Waals surface area contributed by atoms with E-state index in [4.69, 9.17) is 4.74 Å². The van der Waals surface area contributed by atoms with Gasteiger partial charge in [0.05, 0.1) is 0 Å². The molecule has 1 aromatic rings. The van der Waals surface area contributed by atoms with Crippen molar-refractivity contribution in [1.82, 2.24) is 15.5 Å². The normalized spacial score (nSPS) is 30.8. The van der Waals surface area contributed by atoms with Gasteiger partial charge in [-0.15, -0.1) is 0 Å². The quantitative estimate of drug-likeness (QED) is 0.670. The van der Waals surface area contributed by atoms with Crippen molar-refractivity contribution in [2.45, 2.75) is 95.3 Å². The van der Waals surface area contributed by atoms with Crippen LogP contribution < -0.4 is 10.6 Å². The van der Waals surface area contributed by atoms with E-state index in [1.165, 1.54) is 56.9 Å². The fourth-order valence-electron chi connectivity index (χ4n) is 7.43. The van der Waals surface area contributed by atoms with E-state index in [0.717, 1.165) is 42.9 Å². The van der Waals surface area contributed by atoms with Gasteiger partial charge in [-0.3, -0.25) is 9.59 Å². The van der Waals surface area contributed by atoms with Crippen LogP contribution in [0.5, 0.6) is 0 Å². The van der Waals surface area contributed by atoms with E-state index in [0.29, 0.717) is 36.4 Å². The zero-order chi connectivity index (χ0) is 24.0. The third kappa shape index (κ3) is 4.55. The highest BCUT2D eigenvalue weighted by Gasteiger charge is 2.46. The Bertz CT molecular complexity index is 1010. The molecule has 2 N–H and O–H groups in total. The standard InChI is InChI=1S/C29H39N3O3/c1-19-6-9-26(27(33)30-19)32-18-22-15-20(7-8-24(22)28(32)34)14-21-4-2-3-5-25(21)31-23-16-29(17-23)10-12-35-13-11-29/h7-8,15,21,23,25-26,31H,1-6,9-14,16-18H2,(H,30,33)/t21-,25+,26?/m1/s1. The third-order valence-electron chi connectivity index (χ3n) is 9.47. The highest BCUT2D eigenvalue weighted by molar-refractivity contribution is 6.01. The first kappa shape index (κ1) is 23.2. The van der Waals surface area contributed by atoms with Crippen LogP contribution in [0.2, 0.25) is 0 Å². The number of hydrogen-bond donors (Lipinski definition) is 2. The summed E-state index contributed by atoms with van der Waals surface area (Å²) in [6.07, 6.45) is 12.7. The van der Waals surface area contributed by atoms with Gasteiger partial charge in [-0.1, -0.05) is 31.6 Å². The predicted octanol–water partition coefficient (Wildman–Crippen LogP) is 4.08. The van der Waals surface area contributed by atoms with Crippen LogP contribution in [-0.4, -0.2) is 48.1 Å². The SMILES string of the molecule is C=C1CCC(N2Cc3cc(C[C@H]4CCCC[C@@H]4NC4CC5(CCOCC5)C4)ccc3C2=O)C(=O)N1. The van der Waals surface area contributed by atoms with Gasteiger partial charge < -0.3 is 20.3 Å².